The molecule has 21 heavy (non-hydrogen) atoms. The fourth-order valence-corrected chi connectivity index (χ4v) is 3.34. The number of carbonyl (C=O) groups excluding carboxylic acids is 1. The van der Waals surface area contributed by atoms with Crippen LogP contribution in [0.5, 0.6) is 5.75 Å². The second-order valence-corrected chi connectivity index (χ2v) is 6.30. The molecule has 0 saturated carbocycles. The Bertz CT molecular complexity index is 622. The molecule has 0 bridgehead atoms. The van der Waals surface area contributed by atoms with E-state index in [1.807, 2.05) is 22.9 Å². The second-order valence-electron chi connectivity index (χ2n) is 5.52. The van der Waals surface area contributed by atoms with Gasteiger partial charge in [-0.1, -0.05) is 12.1 Å². The first kappa shape index (κ1) is 14.1. The van der Waals surface area contributed by atoms with Crippen LogP contribution < -0.4 is 10.1 Å². The third-order valence-corrected chi connectivity index (χ3v) is 4.38. The van der Waals surface area contributed by atoms with Crippen LogP contribution in [0, 0.1) is 0 Å². The number of rotatable bonds is 5. The number of thiophene rings is 1. The van der Waals surface area contributed by atoms with Gasteiger partial charge in [0.15, 0.2) is 0 Å². The van der Waals surface area contributed by atoms with Gasteiger partial charge < -0.3 is 10.1 Å². The van der Waals surface area contributed by atoms with E-state index in [9.17, 15) is 4.79 Å². The fraction of sp³-hybridized carbons (Fsp3) is 0.353. The highest BCUT2D eigenvalue weighted by Crippen LogP contribution is 2.26. The van der Waals surface area contributed by atoms with Crippen molar-refractivity contribution in [3.05, 3.63) is 51.7 Å². The van der Waals surface area contributed by atoms with Gasteiger partial charge in [0.2, 0.25) is 5.91 Å². The number of fused-ring (bicyclic) bond motifs is 1. The molecule has 0 radical (unpaired) electrons. The zero-order valence-corrected chi connectivity index (χ0v) is 12.9. The van der Waals surface area contributed by atoms with Crippen LogP contribution in [-0.2, 0) is 24.1 Å². The van der Waals surface area contributed by atoms with Gasteiger partial charge in [-0.25, -0.2) is 0 Å². The number of amides is 1. The van der Waals surface area contributed by atoms with Gasteiger partial charge in [-0.15, -0.1) is 0 Å². The molecule has 1 aliphatic heterocycles. The molecule has 0 spiro atoms. The standard InChI is InChI=1S/C17H19NO2S/c1-12(18-17(19)10-14-5-7-21-11-14)8-13-2-3-16-15(9-13)4-6-20-16/h2-3,5,7,9,11-12H,4,6,8,10H2,1H3,(H,18,19). The van der Waals surface area contributed by atoms with Crippen molar-refractivity contribution in [1.29, 1.82) is 0 Å². The summed E-state index contributed by atoms with van der Waals surface area (Å²) in [6.45, 7) is 2.83. The lowest BCUT2D eigenvalue weighted by Gasteiger charge is -2.14. The molecular weight excluding hydrogens is 282 g/mol. The van der Waals surface area contributed by atoms with Gasteiger partial charge in [-0.2, -0.15) is 11.3 Å². The molecule has 2 heterocycles. The van der Waals surface area contributed by atoms with Crippen molar-refractivity contribution in [1.82, 2.24) is 5.32 Å². The molecule has 1 aromatic carbocycles. The van der Waals surface area contributed by atoms with E-state index < -0.39 is 0 Å². The normalized spacial score (nSPS) is 14.3. The Labute approximate surface area is 129 Å². The summed E-state index contributed by atoms with van der Waals surface area (Å²) in [7, 11) is 0. The summed E-state index contributed by atoms with van der Waals surface area (Å²) in [5.41, 5.74) is 3.62. The van der Waals surface area contributed by atoms with Crippen molar-refractivity contribution in [2.45, 2.75) is 32.2 Å². The summed E-state index contributed by atoms with van der Waals surface area (Å²) < 4.78 is 5.51. The average Bonchev–Trinajstić information content (AvgIpc) is 3.08. The number of hydrogen-bond donors (Lipinski definition) is 1. The van der Waals surface area contributed by atoms with Gasteiger partial charge >= 0.3 is 0 Å². The SMILES string of the molecule is CC(Cc1ccc2c(c1)CCO2)NC(=O)Cc1ccsc1. The Balaban J connectivity index is 1.54. The van der Waals surface area contributed by atoms with Crippen molar-refractivity contribution in [3.8, 4) is 5.75 Å². The third kappa shape index (κ3) is 3.64. The van der Waals surface area contributed by atoms with Crippen LogP contribution in [0.2, 0.25) is 0 Å². The van der Waals surface area contributed by atoms with Crippen LogP contribution in [0.1, 0.15) is 23.6 Å². The van der Waals surface area contributed by atoms with Gasteiger partial charge in [0.1, 0.15) is 5.75 Å². The topological polar surface area (TPSA) is 38.3 Å². The summed E-state index contributed by atoms with van der Waals surface area (Å²) in [5, 5.41) is 7.09. The predicted octanol–water partition coefficient (Wildman–Crippen LogP) is 2.97. The zero-order valence-electron chi connectivity index (χ0n) is 12.1. The van der Waals surface area contributed by atoms with E-state index in [1.54, 1.807) is 11.3 Å². The molecule has 0 aliphatic carbocycles. The summed E-state index contributed by atoms with van der Waals surface area (Å²) in [6, 6.07) is 8.46. The fourth-order valence-electron chi connectivity index (χ4n) is 2.68. The van der Waals surface area contributed by atoms with E-state index in [1.165, 1.54) is 11.1 Å². The molecule has 0 saturated heterocycles. The van der Waals surface area contributed by atoms with Crippen molar-refractivity contribution in [3.63, 3.8) is 0 Å². The van der Waals surface area contributed by atoms with Gasteiger partial charge in [0.25, 0.3) is 0 Å². The molecule has 2 aromatic rings. The van der Waals surface area contributed by atoms with E-state index in [-0.39, 0.29) is 11.9 Å². The minimum Gasteiger partial charge on any atom is -0.493 e. The molecule has 3 nitrogen and oxygen atoms in total. The number of nitrogens with one attached hydrogen (secondary N) is 1. The predicted molar refractivity (Wildman–Crippen MR) is 85.0 cm³/mol. The molecular formula is C17H19NO2S. The molecule has 1 atom stereocenters. The summed E-state index contributed by atoms with van der Waals surface area (Å²) in [6.07, 6.45) is 2.30. The lowest BCUT2D eigenvalue weighted by molar-refractivity contribution is -0.121. The molecule has 1 aromatic heterocycles. The smallest absolute Gasteiger partial charge is 0.224 e. The monoisotopic (exact) mass is 301 g/mol. The van der Waals surface area contributed by atoms with Crippen molar-refractivity contribution in [2.24, 2.45) is 0 Å². The maximum atomic E-state index is 12.0. The van der Waals surface area contributed by atoms with Crippen LogP contribution in [0.4, 0.5) is 0 Å². The van der Waals surface area contributed by atoms with E-state index >= 15 is 0 Å². The highest BCUT2D eigenvalue weighted by Gasteiger charge is 2.14. The maximum absolute atomic E-state index is 12.0. The first-order valence-corrected chi connectivity index (χ1v) is 8.20. The van der Waals surface area contributed by atoms with Gasteiger partial charge in [-0.3, -0.25) is 4.79 Å². The molecule has 3 rings (SSSR count). The van der Waals surface area contributed by atoms with E-state index in [0.29, 0.717) is 6.42 Å². The Kier molecular flexibility index (Phi) is 4.25. The van der Waals surface area contributed by atoms with Gasteiger partial charge in [0, 0.05) is 12.5 Å². The first-order valence-electron chi connectivity index (χ1n) is 7.26. The van der Waals surface area contributed by atoms with Crippen molar-refractivity contribution < 1.29 is 9.53 Å². The van der Waals surface area contributed by atoms with Crippen molar-refractivity contribution in [2.75, 3.05) is 6.61 Å². The Morgan fingerprint density at radius 3 is 3.10 bits per heavy atom. The van der Waals surface area contributed by atoms with Gasteiger partial charge in [0.05, 0.1) is 13.0 Å². The quantitative estimate of drug-likeness (QED) is 0.922. The van der Waals surface area contributed by atoms with Crippen LogP contribution in [-0.4, -0.2) is 18.6 Å². The molecule has 4 heteroatoms. The molecule has 0 fully saturated rings. The van der Waals surface area contributed by atoms with Crippen LogP contribution in [0.3, 0.4) is 0 Å². The largest absolute Gasteiger partial charge is 0.493 e. The summed E-state index contributed by atoms with van der Waals surface area (Å²) in [5.74, 6) is 1.10. The van der Waals surface area contributed by atoms with E-state index in [0.717, 1.165) is 30.8 Å². The molecule has 1 unspecified atom stereocenters. The van der Waals surface area contributed by atoms with E-state index in [4.69, 9.17) is 4.74 Å². The summed E-state index contributed by atoms with van der Waals surface area (Å²) in [4.78, 5) is 12.0. The summed E-state index contributed by atoms with van der Waals surface area (Å²) >= 11 is 1.62. The average molecular weight is 301 g/mol. The lowest BCUT2D eigenvalue weighted by atomic mass is 10.0. The number of carbonyl (C=O) groups is 1. The highest BCUT2D eigenvalue weighted by atomic mass is 32.1. The lowest BCUT2D eigenvalue weighted by Crippen LogP contribution is -2.35. The molecule has 1 amide bonds. The molecule has 110 valence electrons. The van der Waals surface area contributed by atoms with Gasteiger partial charge in [-0.05, 0) is 52.9 Å². The third-order valence-electron chi connectivity index (χ3n) is 3.65. The minimum atomic E-state index is 0.0883. The highest BCUT2D eigenvalue weighted by molar-refractivity contribution is 7.07. The Hall–Kier alpha value is -1.81. The first-order chi connectivity index (χ1) is 10.2. The molecule has 1 aliphatic rings. The second kappa shape index (κ2) is 6.31. The number of hydrogen-bond acceptors (Lipinski definition) is 3. The number of ether oxygens (including phenoxy) is 1. The maximum Gasteiger partial charge on any atom is 0.224 e. The number of benzene rings is 1. The Morgan fingerprint density at radius 1 is 1.38 bits per heavy atom. The van der Waals surface area contributed by atoms with E-state index in [2.05, 4.69) is 24.4 Å². The van der Waals surface area contributed by atoms with Crippen LogP contribution in [0.25, 0.3) is 0 Å². The van der Waals surface area contributed by atoms with Crippen LogP contribution >= 0.6 is 11.3 Å². The zero-order chi connectivity index (χ0) is 14.7. The molecule has 1 N–H and O–H groups in total. The minimum absolute atomic E-state index is 0.0883. The van der Waals surface area contributed by atoms with Crippen LogP contribution in [0.15, 0.2) is 35.0 Å². The Morgan fingerprint density at radius 2 is 2.29 bits per heavy atom. The van der Waals surface area contributed by atoms with Crippen molar-refractivity contribution >= 4 is 17.2 Å².